The van der Waals surface area contributed by atoms with Gasteiger partial charge in [0.2, 0.25) is 0 Å². The van der Waals surface area contributed by atoms with Gasteiger partial charge in [-0.05, 0) is 43.7 Å². The fourth-order valence-corrected chi connectivity index (χ4v) is 2.72. The molecule has 0 radical (unpaired) electrons. The first-order valence-electron chi connectivity index (χ1n) is 7.20. The number of aliphatic hydroxyl groups excluding tert-OH is 1. The zero-order valence-electron chi connectivity index (χ0n) is 12.9. The second-order valence-electron chi connectivity index (χ2n) is 5.79. The van der Waals surface area contributed by atoms with E-state index in [9.17, 15) is 9.90 Å². The Kier molecular flexibility index (Phi) is 5.63. The molecule has 2 rings (SSSR count). The number of amides is 1. The largest absolute Gasteiger partial charge is 0.394 e. The smallest absolute Gasteiger partial charge is 0.251 e. The summed E-state index contributed by atoms with van der Waals surface area (Å²) in [5.41, 5.74) is 1.27. The van der Waals surface area contributed by atoms with E-state index in [1.807, 2.05) is 42.5 Å². The SMILES string of the molecule is CC(C)(CO)NC(=O)c1ccc(SCc2ccccc2)cc1. The molecule has 2 N–H and O–H groups in total. The third-order valence-electron chi connectivity index (χ3n) is 3.21. The van der Waals surface area contributed by atoms with Crippen LogP contribution in [0.4, 0.5) is 0 Å². The number of thioether (sulfide) groups is 1. The number of rotatable bonds is 6. The van der Waals surface area contributed by atoms with Gasteiger partial charge in [0, 0.05) is 16.2 Å². The van der Waals surface area contributed by atoms with Crippen LogP contribution in [-0.2, 0) is 5.75 Å². The third-order valence-corrected chi connectivity index (χ3v) is 4.30. The van der Waals surface area contributed by atoms with E-state index >= 15 is 0 Å². The molecule has 1 amide bonds. The van der Waals surface area contributed by atoms with Crippen molar-refractivity contribution in [3.8, 4) is 0 Å². The molecule has 0 bridgehead atoms. The molecule has 0 aliphatic heterocycles. The lowest BCUT2D eigenvalue weighted by molar-refractivity contribution is 0.0869. The number of carbonyl (C=O) groups is 1. The summed E-state index contributed by atoms with van der Waals surface area (Å²) in [6.45, 7) is 3.48. The highest BCUT2D eigenvalue weighted by Crippen LogP contribution is 2.23. The van der Waals surface area contributed by atoms with Gasteiger partial charge in [0.25, 0.3) is 5.91 Å². The summed E-state index contributed by atoms with van der Waals surface area (Å²) in [7, 11) is 0. The normalized spacial score (nSPS) is 11.2. The maximum atomic E-state index is 12.1. The summed E-state index contributed by atoms with van der Waals surface area (Å²) in [6.07, 6.45) is 0. The predicted molar refractivity (Wildman–Crippen MR) is 91.1 cm³/mol. The molecule has 0 aromatic heterocycles. The molecule has 116 valence electrons. The number of nitrogens with one attached hydrogen (secondary N) is 1. The van der Waals surface area contributed by atoms with Crippen molar-refractivity contribution in [1.29, 1.82) is 0 Å². The first-order chi connectivity index (χ1) is 10.5. The Bertz CT molecular complexity index is 609. The van der Waals surface area contributed by atoms with Crippen molar-refractivity contribution in [2.24, 2.45) is 0 Å². The van der Waals surface area contributed by atoms with E-state index in [4.69, 9.17) is 0 Å². The zero-order chi connectivity index (χ0) is 16.0. The Hall–Kier alpha value is -1.78. The number of aliphatic hydroxyl groups is 1. The van der Waals surface area contributed by atoms with E-state index in [-0.39, 0.29) is 12.5 Å². The number of hydrogen-bond donors (Lipinski definition) is 2. The van der Waals surface area contributed by atoms with Crippen molar-refractivity contribution in [2.45, 2.75) is 30.0 Å². The summed E-state index contributed by atoms with van der Waals surface area (Å²) in [5.74, 6) is 0.739. The molecular weight excluding hydrogens is 294 g/mol. The van der Waals surface area contributed by atoms with Crippen molar-refractivity contribution < 1.29 is 9.90 Å². The van der Waals surface area contributed by atoms with Gasteiger partial charge in [-0.3, -0.25) is 4.79 Å². The van der Waals surface area contributed by atoms with Crippen molar-refractivity contribution in [2.75, 3.05) is 6.61 Å². The van der Waals surface area contributed by atoms with Gasteiger partial charge in [0.15, 0.2) is 0 Å². The van der Waals surface area contributed by atoms with Crippen LogP contribution in [0.2, 0.25) is 0 Å². The molecule has 0 aliphatic carbocycles. The fourth-order valence-electron chi connectivity index (χ4n) is 1.86. The molecule has 0 atom stereocenters. The molecule has 0 aliphatic rings. The minimum absolute atomic E-state index is 0.0935. The van der Waals surface area contributed by atoms with Gasteiger partial charge in [0.1, 0.15) is 0 Å². The van der Waals surface area contributed by atoms with Crippen LogP contribution in [0.5, 0.6) is 0 Å². The number of carbonyl (C=O) groups excluding carboxylic acids is 1. The van der Waals surface area contributed by atoms with E-state index in [1.54, 1.807) is 25.6 Å². The highest BCUT2D eigenvalue weighted by Gasteiger charge is 2.19. The second-order valence-corrected chi connectivity index (χ2v) is 6.84. The van der Waals surface area contributed by atoms with E-state index in [0.29, 0.717) is 5.56 Å². The fraction of sp³-hybridized carbons (Fsp3) is 0.278. The standard InChI is InChI=1S/C18H21NO2S/c1-18(2,13-20)19-17(21)15-8-10-16(11-9-15)22-12-14-6-4-3-5-7-14/h3-11,20H,12-13H2,1-2H3,(H,19,21). The van der Waals surface area contributed by atoms with Crippen molar-refractivity contribution in [3.63, 3.8) is 0 Å². The Morgan fingerprint density at radius 1 is 1.09 bits per heavy atom. The minimum Gasteiger partial charge on any atom is -0.394 e. The molecular formula is C18H21NO2S. The highest BCUT2D eigenvalue weighted by molar-refractivity contribution is 7.98. The monoisotopic (exact) mass is 315 g/mol. The number of benzene rings is 2. The van der Waals surface area contributed by atoms with Gasteiger partial charge >= 0.3 is 0 Å². The van der Waals surface area contributed by atoms with Crippen LogP contribution >= 0.6 is 11.8 Å². The van der Waals surface area contributed by atoms with Crippen LogP contribution in [-0.4, -0.2) is 23.2 Å². The molecule has 0 saturated carbocycles. The maximum Gasteiger partial charge on any atom is 0.251 e. The molecule has 22 heavy (non-hydrogen) atoms. The predicted octanol–water partition coefficient (Wildman–Crippen LogP) is 3.48. The molecule has 0 unspecified atom stereocenters. The van der Waals surface area contributed by atoms with E-state index in [1.165, 1.54) is 5.56 Å². The molecule has 4 heteroatoms. The van der Waals surface area contributed by atoms with Gasteiger partial charge in [0.05, 0.1) is 12.1 Å². The molecule has 0 spiro atoms. The molecule has 2 aromatic carbocycles. The van der Waals surface area contributed by atoms with Crippen LogP contribution in [0.1, 0.15) is 29.8 Å². The summed E-state index contributed by atoms with van der Waals surface area (Å²) in [4.78, 5) is 13.2. The topological polar surface area (TPSA) is 49.3 Å². The quantitative estimate of drug-likeness (QED) is 0.802. The average molecular weight is 315 g/mol. The maximum absolute atomic E-state index is 12.1. The first-order valence-corrected chi connectivity index (χ1v) is 8.19. The molecule has 2 aromatic rings. The van der Waals surface area contributed by atoms with Gasteiger partial charge < -0.3 is 10.4 Å². The molecule has 3 nitrogen and oxygen atoms in total. The highest BCUT2D eigenvalue weighted by atomic mass is 32.2. The molecule has 0 saturated heterocycles. The van der Waals surface area contributed by atoms with Gasteiger partial charge in [-0.15, -0.1) is 11.8 Å². The van der Waals surface area contributed by atoms with Crippen LogP contribution in [0, 0.1) is 0 Å². The summed E-state index contributed by atoms with van der Waals surface area (Å²) in [6, 6.07) is 17.8. The van der Waals surface area contributed by atoms with Gasteiger partial charge in [-0.25, -0.2) is 0 Å². The van der Waals surface area contributed by atoms with Crippen LogP contribution in [0.3, 0.4) is 0 Å². The Morgan fingerprint density at radius 3 is 2.32 bits per heavy atom. The van der Waals surface area contributed by atoms with Crippen molar-refractivity contribution in [1.82, 2.24) is 5.32 Å². The Labute approximate surface area is 135 Å². The summed E-state index contributed by atoms with van der Waals surface area (Å²) < 4.78 is 0. The van der Waals surface area contributed by atoms with Crippen molar-refractivity contribution in [3.05, 3.63) is 65.7 Å². The van der Waals surface area contributed by atoms with E-state index < -0.39 is 5.54 Å². The average Bonchev–Trinajstić information content (AvgIpc) is 2.54. The summed E-state index contributed by atoms with van der Waals surface area (Å²) in [5, 5.41) is 12.0. The lowest BCUT2D eigenvalue weighted by Gasteiger charge is -2.23. The second kappa shape index (κ2) is 7.47. The Morgan fingerprint density at radius 2 is 1.73 bits per heavy atom. The first kappa shape index (κ1) is 16.6. The lowest BCUT2D eigenvalue weighted by Crippen LogP contribution is -2.46. The van der Waals surface area contributed by atoms with Crippen molar-refractivity contribution >= 4 is 17.7 Å². The van der Waals surface area contributed by atoms with Crippen LogP contribution in [0.25, 0.3) is 0 Å². The zero-order valence-corrected chi connectivity index (χ0v) is 13.7. The third kappa shape index (κ3) is 4.90. The molecule has 0 fully saturated rings. The minimum atomic E-state index is -0.613. The van der Waals surface area contributed by atoms with E-state index in [2.05, 4.69) is 17.4 Å². The van der Waals surface area contributed by atoms with Gasteiger partial charge in [-0.2, -0.15) is 0 Å². The van der Waals surface area contributed by atoms with Crippen LogP contribution in [0.15, 0.2) is 59.5 Å². The Balaban J connectivity index is 1.94. The lowest BCUT2D eigenvalue weighted by atomic mass is 10.1. The van der Waals surface area contributed by atoms with Gasteiger partial charge in [-0.1, -0.05) is 30.3 Å². The van der Waals surface area contributed by atoms with E-state index in [0.717, 1.165) is 10.6 Å². The molecule has 0 heterocycles. The number of hydrogen-bond acceptors (Lipinski definition) is 3. The van der Waals surface area contributed by atoms with Crippen LogP contribution < -0.4 is 5.32 Å². The summed E-state index contributed by atoms with van der Waals surface area (Å²) >= 11 is 1.74.